The number of fused-ring (bicyclic) bond motifs is 2. The van der Waals surface area contributed by atoms with Crippen molar-refractivity contribution >= 4 is 62.2 Å². The molecule has 6 aliphatic rings. The molecule has 2 saturated carbocycles. The van der Waals surface area contributed by atoms with Gasteiger partial charge in [-0.2, -0.15) is 0 Å². The van der Waals surface area contributed by atoms with E-state index in [1.165, 1.54) is 84.1 Å². The molecule has 14 nitrogen and oxygen atoms in total. The molecule has 1 radical (unpaired) electrons. The minimum absolute atomic E-state index is 0. The summed E-state index contributed by atoms with van der Waals surface area (Å²) < 4.78 is 17.0. The first kappa shape index (κ1) is 56.2. The lowest BCUT2D eigenvalue weighted by Crippen LogP contribution is -2.34. The number of carbonyl (C=O) groups excluding carboxylic acids is 1. The Labute approximate surface area is 426 Å². The second-order valence-corrected chi connectivity index (χ2v) is 18.5. The van der Waals surface area contributed by atoms with Crippen LogP contribution in [0.3, 0.4) is 0 Å². The van der Waals surface area contributed by atoms with Crippen molar-refractivity contribution in [3.63, 3.8) is 0 Å². The van der Waals surface area contributed by atoms with E-state index in [9.17, 15) is 9.90 Å². The maximum Gasteiger partial charge on any atom is 0.569 e. The van der Waals surface area contributed by atoms with E-state index in [4.69, 9.17) is 38.8 Å². The number of aliphatic carboxylic acids is 2. The predicted molar refractivity (Wildman–Crippen MR) is 278 cm³/mol. The monoisotopic (exact) mass is 1000 g/mol. The van der Waals surface area contributed by atoms with Gasteiger partial charge in [0, 0.05) is 57.3 Å². The van der Waals surface area contributed by atoms with Gasteiger partial charge in [-0.3, -0.25) is 14.5 Å². The van der Waals surface area contributed by atoms with Crippen LogP contribution in [-0.4, -0.2) is 116 Å². The Balaban J connectivity index is 0.000000203. The largest absolute Gasteiger partial charge is 0.569 e. The van der Waals surface area contributed by atoms with Gasteiger partial charge in [-0.1, -0.05) is 60.7 Å². The number of aromatic nitrogens is 1. The van der Waals surface area contributed by atoms with Gasteiger partial charge in [0.15, 0.2) is 0 Å². The van der Waals surface area contributed by atoms with Gasteiger partial charge in [-0.25, -0.2) is 9.78 Å². The molecule has 1 unspecified atom stereocenters. The van der Waals surface area contributed by atoms with Crippen LogP contribution >= 0.6 is 24.8 Å². The molecule has 2 aliphatic carbocycles. The first-order valence-electron chi connectivity index (χ1n) is 24.8. The highest BCUT2D eigenvalue weighted by Gasteiger charge is 2.37. The zero-order valence-electron chi connectivity index (χ0n) is 40.1. The van der Waals surface area contributed by atoms with Crippen LogP contribution in [0, 0.1) is 0 Å². The van der Waals surface area contributed by atoms with E-state index in [0.717, 1.165) is 116 Å². The first-order chi connectivity index (χ1) is 33.3. The number of rotatable bonds is 18. The van der Waals surface area contributed by atoms with Gasteiger partial charge < -0.3 is 45.3 Å². The van der Waals surface area contributed by atoms with E-state index >= 15 is 0 Å². The molecule has 2 saturated heterocycles. The number of halogens is 2. The van der Waals surface area contributed by atoms with Crippen LogP contribution in [0.2, 0.25) is 0 Å². The highest BCUT2D eigenvalue weighted by Crippen LogP contribution is 2.45. The number of aryl methyl sites for hydroxylation is 4. The minimum Gasteiger partial charge on any atom is -0.537 e. The Bertz CT molecular complexity index is 2250. The molecule has 70 heavy (non-hydrogen) atoms. The fourth-order valence-corrected chi connectivity index (χ4v) is 9.48. The number of carbonyl (C=O) groups is 3. The molecule has 5 heterocycles. The van der Waals surface area contributed by atoms with Crippen molar-refractivity contribution in [2.24, 2.45) is 0 Å². The summed E-state index contributed by atoms with van der Waals surface area (Å²) in [7, 11) is 0.737. The van der Waals surface area contributed by atoms with Crippen molar-refractivity contribution in [2.45, 2.75) is 120 Å². The minimum atomic E-state index is -1.43. The number of likely N-dealkylation sites (tertiary alicyclic amines) is 1. The van der Waals surface area contributed by atoms with Crippen LogP contribution < -0.4 is 20.6 Å². The summed E-state index contributed by atoms with van der Waals surface area (Å²) in [6, 6.07) is 26.6. The Morgan fingerprint density at radius 3 is 2.13 bits per heavy atom. The Morgan fingerprint density at radius 2 is 1.43 bits per heavy atom. The zero-order valence-corrected chi connectivity index (χ0v) is 41.7. The maximum atomic E-state index is 12.2. The number of hydrogen-bond acceptors (Lipinski definition) is 12. The quantitative estimate of drug-likeness (QED) is 0.0243. The molecule has 4 fully saturated rings. The molecule has 6 N–H and O–H groups in total. The lowest BCUT2D eigenvalue weighted by Gasteiger charge is -2.26. The molecule has 379 valence electrons. The molecule has 1 aromatic heterocycles. The van der Waals surface area contributed by atoms with Crippen molar-refractivity contribution < 1.29 is 43.7 Å². The second-order valence-electron chi connectivity index (χ2n) is 18.5. The topological polar surface area (TPSA) is 192 Å². The van der Waals surface area contributed by atoms with Crippen LogP contribution in [0.1, 0.15) is 121 Å². The van der Waals surface area contributed by atoms with Crippen LogP contribution in [0.4, 0.5) is 11.5 Å². The van der Waals surface area contributed by atoms with E-state index in [-0.39, 0.29) is 37.2 Å². The number of aldehydes is 1. The van der Waals surface area contributed by atoms with Crippen LogP contribution in [0.15, 0.2) is 78.9 Å². The van der Waals surface area contributed by atoms with Crippen molar-refractivity contribution in [1.29, 1.82) is 0 Å². The van der Waals surface area contributed by atoms with Crippen molar-refractivity contribution in [1.82, 2.24) is 15.2 Å². The molecule has 10 rings (SSSR count). The number of para-hydroxylation sites is 1. The van der Waals surface area contributed by atoms with Gasteiger partial charge in [0.2, 0.25) is 6.29 Å². The number of nitrogens with zero attached hydrogens (tertiary/aromatic N) is 2. The normalized spacial score (nSPS) is 19.0. The maximum absolute atomic E-state index is 12.2. The summed E-state index contributed by atoms with van der Waals surface area (Å²) in [5.74, 6) is 0.902. The third kappa shape index (κ3) is 17.5. The molecule has 3 atom stereocenters. The van der Waals surface area contributed by atoms with Crippen LogP contribution in [-0.2, 0) is 49.5 Å². The number of ether oxygens (including phenoxy) is 2. The van der Waals surface area contributed by atoms with Gasteiger partial charge in [-0.05, 0) is 160 Å². The second kappa shape index (κ2) is 29.6. The SMILES string of the molecule is Cl.Cl.O=C(O)C(c1ccccc1C1CC1)N1CC[C@@H](OCCCc2ccc3c(c2)NCCC3)C1.O=CC(=O)O.O[B]Oc1ccccc1C1CC1.c1cc2c(nc1CCCO[C@@H]1CCNC1)NCCC2. The van der Waals surface area contributed by atoms with Gasteiger partial charge >= 0.3 is 19.6 Å². The fourth-order valence-electron chi connectivity index (χ4n) is 9.48. The molecule has 17 heteroatoms. The van der Waals surface area contributed by atoms with E-state index in [0.29, 0.717) is 24.5 Å². The number of nitrogens with one attached hydrogen (secondary N) is 3. The molecular weight excluding hydrogens is 932 g/mol. The molecule has 0 bridgehead atoms. The molecule has 0 amide bonds. The van der Waals surface area contributed by atoms with E-state index < -0.39 is 18.0 Å². The average Bonchev–Trinajstić information content (AvgIpc) is 4.30. The Morgan fingerprint density at radius 1 is 0.771 bits per heavy atom. The summed E-state index contributed by atoms with van der Waals surface area (Å²) in [5.41, 5.74) is 10.0. The standard InChI is InChI=1S/C27H34N2O3.C15H23N3O.C9H10BO2.C2H2O3.2ClH/c30-27(31)26(24-8-2-1-7-23(24)20-11-12-20)29-15-13-22(18-29)32-16-4-5-19-9-10-21-6-3-14-28-25(21)17-19;1-3-12-5-6-13(18-15(12)17-8-1)4-2-10-19-14-7-9-16-11-14;11-10-12-9-4-2-1-3-8(9)7-5-6-7;3-1-2(4)5;;/h1-2,7-10,17,20,22,26,28H,3-6,11-16,18H2,(H,30,31);5-6,14,16H,1-4,7-11H2,(H,17,18);1-4,7,11H,5-6H2;1H,(H,4,5);2*1H/t22-,26?;14-;;;;/m11..../s1. The number of benzene rings is 3. The molecule has 3 aromatic carbocycles. The number of pyridine rings is 1. The lowest BCUT2D eigenvalue weighted by molar-refractivity contribution is -0.143. The third-order valence-corrected chi connectivity index (χ3v) is 13.3. The van der Waals surface area contributed by atoms with Gasteiger partial charge in [0.1, 0.15) is 17.6 Å². The highest BCUT2D eigenvalue weighted by molar-refractivity contribution is 6.19. The van der Waals surface area contributed by atoms with Gasteiger partial charge in [-0.15, -0.1) is 24.8 Å². The van der Waals surface area contributed by atoms with E-state index in [2.05, 4.69) is 63.3 Å². The highest BCUT2D eigenvalue weighted by atomic mass is 35.5. The van der Waals surface area contributed by atoms with Crippen LogP contribution in [0.5, 0.6) is 5.75 Å². The summed E-state index contributed by atoms with van der Waals surface area (Å²) in [6.07, 6.45) is 16.1. The number of hydrogen-bond donors (Lipinski definition) is 6. The van der Waals surface area contributed by atoms with E-state index in [1.807, 2.05) is 36.4 Å². The Hall–Kier alpha value is -4.74. The summed E-state index contributed by atoms with van der Waals surface area (Å²) >= 11 is 0. The van der Waals surface area contributed by atoms with Crippen molar-refractivity contribution in [3.8, 4) is 5.75 Å². The van der Waals surface area contributed by atoms with Crippen molar-refractivity contribution in [3.05, 3.63) is 118 Å². The van der Waals surface area contributed by atoms with Gasteiger partial charge in [0.25, 0.3) is 0 Å². The summed E-state index contributed by atoms with van der Waals surface area (Å²) in [6.45, 7) is 7.28. The van der Waals surface area contributed by atoms with Crippen molar-refractivity contribution in [2.75, 3.05) is 63.1 Å². The van der Waals surface area contributed by atoms with Crippen LogP contribution in [0.25, 0.3) is 0 Å². The zero-order chi connectivity index (χ0) is 47.5. The van der Waals surface area contributed by atoms with Gasteiger partial charge in [0.05, 0.1) is 12.2 Å². The third-order valence-electron chi connectivity index (χ3n) is 13.3. The first-order valence-corrected chi connectivity index (χ1v) is 24.8. The number of anilines is 2. The summed E-state index contributed by atoms with van der Waals surface area (Å²) in [5, 5.41) is 36.1. The Kier molecular flexibility index (Phi) is 23.7. The fraction of sp³-hybridized carbons (Fsp3) is 0.509. The molecule has 0 spiro atoms. The number of carboxylic acid groups (broad SMARTS) is 2. The summed E-state index contributed by atoms with van der Waals surface area (Å²) in [4.78, 5) is 36.9. The molecular formula is C53H71BCl2N5O9. The molecule has 4 aliphatic heterocycles. The number of carboxylic acids is 2. The average molecular weight is 1000 g/mol. The van der Waals surface area contributed by atoms with E-state index in [1.54, 1.807) is 0 Å². The smallest absolute Gasteiger partial charge is 0.537 e. The molecule has 4 aromatic rings. The lowest BCUT2D eigenvalue weighted by atomic mass is 9.96. The predicted octanol–water partition coefficient (Wildman–Crippen LogP) is 8.11.